The van der Waals surface area contributed by atoms with Gasteiger partial charge >= 0.3 is 0 Å². The van der Waals surface area contributed by atoms with Crippen molar-refractivity contribution in [3.05, 3.63) is 46.9 Å². The molecule has 0 unspecified atom stereocenters. The normalized spacial score (nSPS) is 10.1. The van der Waals surface area contributed by atoms with E-state index in [1.54, 1.807) is 0 Å². The van der Waals surface area contributed by atoms with Gasteiger partial charge in [-0.15, -0.1) is 0 Å². The molecule has 3 nitrogen and oxygen atoms in total. The van der Waals surface area contributed by atoms with E-state index < -0.39 is 0 Å². The summed E-state index contributed by atoms with van der Waals surface area (Å²) in [4.78, 5) is 4.39. The zero-order valence-corrected chi connectivity index (χ0v) is 11.8. The lowest BCUT2D eigenvalue weighted by Gasteiger charge is -2.08. The van der Waals surface area contributed by atoms with Crippen LogP contribution in [-0.2, 0) is 0 Å². The number of benzene rings is 1. The number of ether oxygens (including phenoxy) is 1. The van der Waals surface area contributed by atoms with Gasteiger partial charge in [-0.2, -0.15) is 4.98 Å². The summed E-state index contributed by atoms with van der Waals surface area (Å²) in [6.07, 6.45) is 1.07. The first-order valence-corrected chi connectivity index (χ1v) is 6.71. The summed E-state index contributed by atoms with van der Waals surface area (Å²) in [6.45, 7) is 3.03. The van der Waals surface area contributed by atoms with E-state index in [9.17, 15) is 0 Å². The lowest BCUT2D eigenvalue weighted by molar-refractivity contribution is 0.463. The number of nitrogens with zero attached hydrogens (tertiary/aromatic N) is 1. The van der Waals surface area contributed by atoms with E-state index in [0.29, 0.717) is 5.88 Å². The highest BCUT2D eigenvalue weighted by Gasteiger charge is 2.00. The molecular weight excluding hydrogens is 292 g/mol. The van der Waals surface area contributed by atoms with Gasteiger partial charge in [-0.25, -0.2) is 0 Å². The highest BCUT2D eigenvalue weighted by Crippen LogP contribution is 2.23. The van der Waals surface area contributed by atoms with E-state index in [1.165, 1.54) is 0 Å². The van der Waals surface area contributed by atoms with Crippen molar-refractivity contribution in [3.8, 4) is 11.6 Å². The molecule has 0 atom stereocenters. The average molecular weight is 307 g/mol. The van der Waals surface area contributed by atoms with E-state index in [0.717, 1.165) is 29.0 Å². The number of anilines is 1. The summed E-state index contributed by atoms with van der Waals surface area (Å²) in [5.74, 6) is 2.20. The van der Waals surface area contributed by atoms with Crippen LogP contribution in [0.3, 0.4) is 0 Å². The third kappa shape index (κ3) is 3.74. The van der Waals surface area contributed by atoms with Crippen molar-refractivity contribution in [2.45, 2.75) is 13.3 Å². The third-order valence-corrected chi connectivity index (χ3v) is 2.79. The minimum Gasteiger partial charge on any atom is -0.439 e. The Balaban J connectivity index is 2.09. The molecular formula is C14H15BrN2O. The Morgan fingerprint density at radius 2 is 2.06 bits per heavy atom. The van der Waals surface area contributed by atoms with Crippen LogP contribution in [0.25, 0.3) is 0 Å². The molecule has 2 aromatic rings. The zero-order valence-electron chi connectivity index (χ0n) is 10.2. The second-order valence-electron chi connectivity index (χ2n) is 3.85. The highest BCUT2D eigenvalue weighted by molar-refractivity contribution is 9.10. The van der Waals surface area contributed by atoms with Gasteiger partial charge < -0.3 is 10.1 Å². The molecule has 0 aliphatic rings. The average Bonchev–Trinajstić information content (AvgIpc) is 2.37. The van der Waals surface area contributed by atoms with Crippen molar-refractivity contribution in [2.75, 3.05) is 11.9 Å². The quantitative estimate of drug-likeness (QED) is 0.885. The summed E-state index contributed by atoms with van der Waals surface area (Å²) in [6, 6.07) is 13.4. The number of rotatable bonds is 5. The topological polar surface area (TPSA) is 34.1 Å². The van der Waals surface area contributed by atoms with Gasteiger partial charge in [-0.1, -0.05) is 35.0 Å². The Bertz CT molecular complexity index is 517. The van der Waals surface area contributed by atoms with Crippen LogP contribution < -0.4 is 10.1 Å². The lowest BCUT2D eigenvalue weighted by Crippen LogP contribution is -2.02. The van der Waals surface area contributed by atoms with Gasteiger partial charge in [-0.05, 0) is 30.7 Å². The van der Waals surface area contributed by atoms with Crippen LogP contribution >= 0.6 is 15.9 Å². The smallest absolute Gasteiger partial charge is 0.221 e. The molecule has 0 aliphatic carbocycles. The van der Waals surface area contributed by atoms with E-state index in [-0.39, 0.29) is 0 Å². The van der Waals surface area contributed by atoms with Gasteiger partial charge in [0, 0.05) is 17.1 Å². The van der Waals surface area contributed by atoms with Crippen LogP contribution in [0.2, 0.25) is 0 Å². The molecule has 0 spiro atoms. The maximum atomic E-state index is 5.70. The van der Waals surface area contributed by atoms with Crippen LogP contribution in [-0.4, -0.2) is 11.5 Å². The summed E-state index contributed by atoms with van der Waals surface area (Å²) in [5, 5.41) is 3.23. The van der Waals surface area contributed by atoms with E-state index >= 15 is 0 Å². The molecule has 0 aliphatic heterocycles. The molecule has 0 saturated carbocycles. The van der Waals surface area contributed by atoms with Crippen molar-refractivity contribution in [1.29, 1.82) is 0 Å². The number of halogens is 1. The number of aromatic nitrogens is 1. The minimum atomic E-state index is 0.592. The lowest BCUT2D eigenvalue weighted by atomic mass is 10.3. The SMILES string of the molecule is CCCNc1cccc(Oc2cccc(Br)c2)n1. The number of hydrogen-bond acceptors (Lipinski definition) is 3. The molecule has 2 rings (SSSR count). The molecule has 1 aromatic carbocycles. The maximum Gasteiger partial charge on any atom is 0.221 e. The summed E-state index contributed by atoms with van der Waals surface area (Å²) >= 11 is 3.41. The second-order valence-corrected chi connectivity index (χ2v) is 4.76. The van der Waals surface area contributed by atoms with Gasteiger partial charge in [-0.3, -0.25) is 0 Å². The summed E-state index contributed by atoms with van der Waals surface area (Å²) in [5.41, 5.74) is 0. The molecule has 0 saturated heterocycles. The molecule has 0 bridgehead atoms. The molecule has 1 aromatic heterocycles. The Labute approximate surface area is 115 Å². The first kappa shape index (κ1) is 12.9. The predicted octanol–water partition coefficient (Wildman–Crippen LogP) is 4.46. The van der Waals surface area contributed by atoms with Crippen LogP contribution in [0.5, 0.6) is 11.6 Å². The number of hydrogen-bond donors (Lipinski definition) is 1. The van der Waals surface area contributed by atoms with Crippen molar-refractivity contribution in [1.82, 2.24) is 4.98 Å². The second kappa shape index (κ2) is 6.40. The fourth-order valence-corrected chi connectivity index (χ4v) is 1.85. The van der Waals surface area contributed by atoms with Gasteiger partial charge in [0.25, 0.3) is 0 Å². The van der Waals surface area contributed by atoms with Crippen LogP contribution in [0.1, 0.15) is 13.3 Å². The van der Waals surface area contributed by atoms with Crippen LogP contribution in [0, 0.1) is 0 Å². The van der Waals surface area contributed by atoms with Crippen molar-refractivity contribution in [2.24, 2.45) is 0 Å². The summed E-state index contributed by atoms with van der Waals surface area (Å²) < 4.78 is 6.69. The minimum absolute atomic E-state index is 0.592. The van der Waals surface area contributed by atoms with E-state index in [4.69, 9.17) is 4.74 Å². The number of nitrogens with one attached hydrogen (secondary N) is 1. The number of pyridine rings is 1. The fraction of sp³-hybridized carbons (Fsp3) is 0.214. The van der Waals surface area contributed by atoms with Crippen molar-refractivity contribution in [3.63, 3.8) is 0 Å². The van der Waals surface area contributed by atoms with Gasteiger partial charge in [0.05, 0.1) is 0 Å². The Hall–Kier alpha value is -1.55. The summed E-state index contributed by atoms with van der Waals surface area (Å²) in [7, 11) is 0. The Kier molecular flexibility index (Phi) is 4.59. The molecule has 0 radical (unpaired) electrons. The first-order chi connectivity index (χ1) is 8.78. The van der Waals surface area contributed by atoms with Crippen LogP contribution in [0.4, 0.5) is 5.82 Å². The third-order valence-electron chi connectivity index (χ3n) is 2.30. The molecule has 1 heterocycles. The maximum absolute atomic E-state index is 5.70. The first-order valence-electron chi connectivity index (χ1n) is 5.92. The monoisotopic (exact) mass is 306 g/mol. The van der Waals surface area contributed by atoms with Gasteiger partial charge in [0.1, 0.15) is 11.6 Å². The molecule has 1 N–H and O–H groups in total. The van der Waals surface area contributed by atoms with E-state index in [1.807, 2.05) is 42.5 Å². The Morgan fingerprint density at radius 1 is 1.22 bits per heavy atom. The van der Waals surface area contributed by atoms with Crippen molar-refractivity contribution >= 4 is 21.7 Å². The zero-order chi connectivity index (χ0) is 12.8. The van der Waals surface area contributed by atoms with Crippen LogP contribution in [0.15, 0.2) is 46.9 Å². The molecule has 4 heteroatoms. The molecule has 94 valence electrons. The van der Waals surface area contributed by atoms with Gasteiger partial charge in [0.15, 0.2) is 0 Å². The standard InChI is InChI=1S/C14H15BrN2O/c1-2-9-16-13-7-4-8-14(17-13)18-12-6-3-5-11(15)10-12/h3-8,10H,2,9H2,1H3,(H,16,17). The van der Waals surface area contributed by atoms with Gasteiger partial charge in [0.2, 0.25) is 5.88 Å². The molecule has 0 amide bonds. The fourth-order valence-electron chi connectivity index (χ4n) is 1.47. The Morgan fingerprint density at radius 3 is 2.83 bits per heavy atom. The molecule has 18 heavy (non-hydrogen) atoms. The largest absolute Gasteiger partial charge is 0.439 e. The predicted molar refractivity (Wildman–Crippen MR) is 77.2 cm³/mol. The van der Waals surface area contributed by atoms with Crippen molar-refractivity contribution < 1.29 is 4.74 Å². The molecule has 0 fully saturated rings. The highest BCUT2D eigenvalue weighted by atomic mass is 79.9. The van der Waals surface area contributed by atoms with E-state index in [2.05, 4.69) is 33.2 Å².